The Hall–Kier alpha value is -0.960. The largest absolute Gasteiger partial charge is 0.870 e. The van der Waals surface area contributed by atoms with Gasteiger partial charge in [0, 0.05) is 6.08 Å². The van der Waals surface area contributed by atoms with Crippen molar-refractivity contribution in [1.29, 1.82) is 0 Å². The smallest absolute Gasteiger partial charge is 0.330 e. The molecule has 0 saturated heterocycles. The van der Waals surface area contributed by atoms with Crippen molar-refractivity contribution < 1.29 is 32.5 Å². The summed E-state index contributed by atoms with van der Waals surface area (Å²) in [5.41, 5.74) is 0. The first-order valence-electron chi connectivity index (χ1n) is 6.38. The Bertz CT molecular complexity index is 400. The molecule has 0 rings (SSSR count). The average Bonchev–Trinajstić information content (AvgIpc) is 2.33. The van der Waals surface area contributed by atoms with E-state index in [0.717, 1.165) is 0 Å². The Morgan fingerprint density at radius 3 is 2.20 bits per heavy atom. The van der Waals surface area contributed by atoms with Crippen LogP contribution in [0.3, 0.4) is 0 Å². The summed E-state index contributed by atoms with van der Waals surface area (Å²) in [4.78, 5) is 11.2. The van der Waals surface area contributed by atoms with Gasteiger partial charge in [-0.15, -0.1) is 0 Å². The molecule has 0 aliphatic rings. The van der Waals surface area contributed by atoms with E-state index in [0.29, 0.717) is 30.7 Å². The van der Waals surface area contributed by atoms with Gasteiger partial charge in [-0.3, -0.25) is 4.55 Å². The lowest BCUT2D eigenvalue weighted by Crippen LogP contribution is -2.52. The topological polar surface area (TPSA) is 111 Å². The van der Waals surface area contributed by atoms with Crippen molar-refractivity contribution in [3.05, 3.63) is 12.2 Å². The van der Waals surface area contributed by atoms with Crippen molar-refractivity contribution in [2.24, 2.45) is 0 Å². The number of likely N-dealkylation sites (N-methyl/N-ethyl adjacent to an activating group) is 1. The van der Waals surface area contributed by atoms with Crippen LogP contribution in [0.5, 0.6) is 0 Å². The van der Waals surface area contributed by atoms with E-state index < -0.39 is 16.1 Å². The second kappa shape index (κ2) is 9.87. The number of esters is 1. The maximum absolute atomic E-state index is 11.2. The number of allylic oxidation sites excluding steroid dienone is 1. The Labute approximate surface area is 120 Å². The highest BCUT2D eigenvalue weighted by atomic mass is 32.2. The predicted octanol–water partition coefficient (Wildman–Crippen LogP) is 0.673. The Balaban J connectivity index is 0. The van der Waals surface area contributed by atoms with Crippen molar-refractivity contribution in [2.45, 2.75) is 20.8 Å². The van der Waals surface area contributed by atoms with E-state index in [1.54, 1.807) is 13.0 Å². The molecular formula is C12H25NO6S. The van der Waals surface area contributed by atoms with E-state index in [4.69, 9.17) is 9.29 Å². The molecule has 0 spiro atoms. The minimum absolute atomic E-state index is 0. The third-order valence-corrected chi connectivity index (χ3v) is 3.98. The van der Waals surface area contributed by atoms with Crippen molar-refractivity contribution in [3.8, 4) is 0 Å². The molecular weight excluding hydrogens is 286 g/mol. The molecule has 0 aliphatic carbocycles. The van der Waals surface area contributed by atoms with Crippen LogP contribution in [0, 0.1) is 0 Å². The van der Waals surface area contributed by atoms with Gasteiger partial charge in [-0.05, 0) is 20.8 Å². The summed E-state index contributed by atoms with van der Waals surface area (Å²) < 4.78 is 36.0. The Morgan fingerprint density at radius 2 is 1.80 bits per heavy atom. The molecule has 0 atom stereocenters. The Kier molecular flexibility index (Phi) is 10.5. The minimum atomic E-state index is -3.96. The van der Waals surface area contributed by atoms with Gasteiger partial charge in [0.1, 0.15) is 18.9 Å². The van der Waals surface area contributed by atoms with E-state index in [2.05, 4.69) is 0 Å². The average molecular weight is 311 g/mol. The SMILES string of the molecule is CC=CC(=O)OCC[N+](CC)(CC)CCS(=O)(=O)O.[OH-]. The second-order valence-electron chi connectivity index (χ2n) is 4.37. The molecule has 0 heterocycles. The quantitative estimate of drug-likeness (QED) is 0.290. The monoisotopic (exact) mass is 311 g/mol. The van der Waals surface area contributed by atoms with Crippen LogP contribution in [0.4, 0.5) is 0 Å². The second-order valence-corrected chi connectivity index (χ2v) is 5.95. The molecule has 0 fully saturated rings. The minimum Gasteiger partial charge on any atom is -0.870 e. The first kappa shape index (κ1) is 21.3. The number of rotatable bonds is 9. The summed E-state index contributed by atoms with van der Waals surface area (Å²) in [6.07, 6.45) is 2.94. The third-order valence-electron chi connectivity index (χ3n) is 3.28. The van der Waals surface area contributed by atoms with Crippen molar-refractivity contribution in [1.82, 2.24) is 0 Å². The number of carbonyl (C=O) groups excluding carboxylic acids is 1. The van der Waals surface area contributed by atoms with Gasteiger partial charge >= 0.3 is 5.97 Å². The van der Waals surface area contributed by atoms with Crippen molar-refractivity contribution in [3.63, 3.8) is 0 Å². The molecule has 0 unspecified atom stereocenters. The molecule has 0 aromatic heterocycles. The van der Waals surface area contributed by atoms with Crippen LogP contribution in [0.15, 0.2) is 12.2 Å². The molecule has 0 amide bonds. The maximum atomic E-state index is 11.2. The fraction of sp³-hybridized carbons (Fsp3) is 0.750. The number of nitrogens with zero attached hydrogens (tertiary/aromatic N) is 1. The van der Waals surface area contributed by atoms with Crippen molar-refractivity contribution in [2.75, 3.05) is 38.5 Å². The lowest BCUT2D eigenvalue weighted by atomic mass is 10.3. The molecule has 0 saturated carbocycles. The van der Waals surface area contributed by atoms with Crippen LogP contribution in [-0.4, -0.2) is 67.4 Å². The van der Waals surface area contributed by atoms with Crippen LogP contribution in [0.1, 0.15) is 20.8 Å². The number of ether oxygens (including phenoxy) is 1. The van der Waals surface area contributed by atoms with Crippen LogP contribution in [0.25, 0.3) is 0 Å². The molecule has 0 bridgehead atoms. The van der Waals surface area contributed by atoms with Gasteiger partial charge < -0.3 is 14.7 Å². The molecule has 8 heteroatoms. The van der Waals surface area contributed by atoms with Gasteiger partial charge in [0.2, 0.25) is 0 Å². The zero-order valence-corrected chi connectivity index (χ0v) is 13.1. The van der Waals surface area contributed by atoms with E-state index in [9.17, 15) is 13.2 Å². The molecule has 0 radical (unpaired) electrons. The molecule has 0 aliphatic heterocycles. The number of hydrogen-bond acceptors (Lipinski definition) is 5. The van der Waals surface area contributed by atoms with Gasteiger partial charge in [-0.1, -0.05) is 6.08 Å². The lowest BCUT2D eigenvalue weighted by Gasteiger charge is -2.36. The zero-order chi connectivity index (χ0) is 14.9. The number of hydrogen-bond donors (Lipinski definition) is 1. The maximum Gasteiger partial charge on any atom is 0.330 e. The molecule has 120 valence electrons. The first-order chi connectivity index (χ1) is 8.78. The van der Waals surface area contributed by atoms with Crippen LogP contribution < -0.4 is 0 Å². The van der Waals surface area contributed by atoms with E-state index >= 15 is 0 Å². The summed E-state index contributed by atoms with van der Waals surface area (Å²) in [7, 11) is -3.96. The zero-order valence-electron chi connectivity index (χ0n) is 12.3. The summed E-state index contributed by atoms with van der Waals surface area (Å²) in [5.74, 6) is -0.681. The fourth-order valence-electron chi connectivity index (χ4n) is 1.80. The highest BCUT2D eigenvalue weighted by Crippen LogP contribution is 2.07. The normalized spacial score (nSPS) is 12.2. The van der Waals surface area contributed by atoms with Gasteiger partial charge in [-0.25, -0.2) is 4.79 Å². The third kappa shape index (κ3) is 9.03. The predicted molar refractivity (Wildman–Crippen MR) is 75.2 cm³/mol. The number of carbonyl (C=O) groups is 1. The van der Waals surface area contributed by atoms with E-state index in [-0.39, 0.29) is 17.8 Å². The summed E-state index contributed by atoms with van der Waals surface area (Å²) in [6.45, 7) is 8.13. The van der Waals surface area contributed by atoms with Gasteiger partial charge in [0.25, 0.3) is 10.1 Å². The van der Waals surface area contributed by atoms with Crippen LogP contribution in [0.2, 0.25) is 0 Å². The highest BCUT2D eigenvalue weighted by molar-refractivity contribution is 7.85. The molecule has 0 aromatic rings. The van der Waals surface area contributed by atoms with Crippen molar-refractivity contribution >= 4 is 16.1 Å². The molecule has 7 nitrogen and oxygen atoms in total. The first-order valence-corrected chi connectivity index (χ1v) is 7.99. The standard InChI is InChI=1S/C12H23NO5S.H2O/c1-4-7-12(14)18-10-8-13(5-2,6-3)9-11-19(15,16)17;/h4,7H,5-6,8-11H2,1-3H3;1H2. The number of quaternary nitrogens is 1. The summed E-state index contributed by atoms with van der Waals surface area (Å²) in [5, 5.41) is 0. The highest BCUT2D eigenvalue weighted by Gasteiger charge is 2.25. The molecule has 20 heavy (non-hydrogen) atoms. The van der Waals surface area contributed by atoms with Crippen LogP contribution in [-0.2, 0) is 19.6 Å². The molecule has 0 aromatic carbocycles. The van der Waals surface area contributed by atoms with Gasteiger partial charge in [0.05, 0.1) is 19.6 Å². The lowest BCUT2D eigenvalue weighted by molar-refractivity contribution is -0.922. The van der Waals surface area contributed by atoms with E-state index in [1.165, 1.54) is 6.08 Å². The van der Waals surface area contributed by atoms with Crippen LogP contribution >= 0.6 is 0 Å². The Morgan fingerprint density at radius 1 is 1.25 bits per heavy atom. The van der Waals surface area contributed by atoms with Gasteiger partial charge in [-0.2, -0.15) is 8.42 Å². The van der Waals surface area contributed by atoms with Gasteiger partial charge in [0.15, 0.2) is 0 Å². The molecule has 2 N–H and O–H groups in total. The fourth-order valence-corrected chi connectivity index (χ4v) is 2.42. The summed E-state index contributed by atoms with van der Waals surface area (Å²) in [6, 6.07) is 0. The summed E-state index contributed by atoms with van der Waals surface area (Å²) >= 11 is 0. The van der Waals surface area contributed by atoms with E-state index in [1.807, 2.05) is 13.8 Å².